The van der Waals surface area contributed by atoms with E-state index < -0.39 is 12.1 Å². The summed E-state index contributed by atoms with van der Waals surface area (Å²) < 4.78 is 37.1. The lowest BCUT2D eigenvalue weighted by Crippen LogP contribution is -2.39. The summed E-state index contributed by atoms with van der Waals surface area (Å²) in [6, 6.07) is 13.8. The zero-order chi connectivity index (χ0) is 20.3. The van der Waals surface area contributed by atoms with E-state index >= 15 is 0 Å². The van der Waals surface area contributed by atoms with Crippen LogP contribution in [0.3, 0.4) is 0 Å². The largest absolute Gasteiger partial charge is 0.492 e. The molecular formula is C20H19ClF3NO2S. The Labute approximate surface area is 170 Å². The molecule has 0 spiro atoms. The second kappa shape index (κ2) is 8.76. The minimum absolute atomic E-state index is 0.190. The van der Waals surface area contributed by atoms with Gasteiger partial charge in [0.25, 0.3) is 0 Å². The Balaban J connectivity index is 1.69. The molecule has 0 aliphatic carbocycles. The summed E-state index contributed by atoms with van der Waals surface area (Å²) in [5.74, 6) is -1.98. The minimum atomic E-state index is -4.98. The number of carbonyl (C=O) groups excluding carboxylic acids is 1. The van der Waals surface area contributed by atoms with Crippen LogP contribution in [0.1, 0.15) is 29.9 Å². The highest BCUT2D eigenvalue weighted by Crippen LogP contribution is 2.39. The van der Waals surface area contributed by atoms with Gasteiger partial charge >= 0.3 is 12.1 Å². The second-order valence-electron chi connectivity index (χ2n) is 6.68. The maximum absolute atomic E-state index is 12.4. The third-order valence-corrected chi connectivity index (χ3v) is 5.90. The van der Waals surface area contributed by atoms with Crippen LogP contribution >= 0.6 is 23.4 Å². The number of hydroxylamine groups is 2. The van der Waals surface area contributed by atoms with Crippen LogP contribution < -0.4 is 0 Å². The van der Waals surface area contributed by atoms with Crippen molar-refractivity contribution in [1.82, 2.24) is 5.06 Å². The Morgan fingerprint density at radius 1 is 1.14 bits per heavy atom. The molecule has 0 saturated carbocycles. The highest BCUT2D eigenvalue weighted by molar-refractivity contribution is 7.99. The Kier molecular flexibility index (Phi) is 6.58. The third-order valence-electron chi connectivity index (χ3n) is 4.54. The molecule has 1 fully saturated rings. The molecule has 1 aliphatic rings. The summed E-state index contributed by atoms with van der Waals surface area (Å²) in [6.07, 6.45) is -3.75. The number of alkyl halides is 3. The molecule has 1 aliphatic heterocycles. The average molecular weight is 430 g/mol. The fraction of sp³-hybridized carbons (Fsp3) is 0.350. The highest BCUT2D eigenvalue weighted by Gasteiger charge is 2.43. The second-order valence-corrected chi connectivity index (χ2v) is 8.23. The molecule has 1 saturated heterocycles. The van der Waals surface area contributed by atoms with Gasteiger partial charge in [0.05, 0.1) is 0 Å². The van der Waals surface area contributed by atoms with Crippen molar-refractivity contribution in [3.63, 3.8) is 0 Å². The van der Waals surface area contributed by atoms with Crippen molar-refractivity contribution < 1.29 is 22.8 Å². The first-order valence-electron chi connectivity index (χ1n) is 8.80. The van der Waals surface area contributed by atoms with Crippen molar-refractivity contribution in [1.29, 1.82) is 0 Å². The lowest BCUT2D eigenvalue weighted by atomic mass is 9.89. The van der Waals surface area contributed by atoms with Crippen molar-refractivity contribution in [2.75, 3.05) is 13.1 Å². The molecular weight excluding hydrogens is 411 g/mol. The normalized spacial score (nSPS) is 16.2. The van der Waals surface area contributed by atoms with Gasteiger partial charge in [0.2, 0.25) is 0 Å². The molecule has 0 radical (unpaired) electrons. The fourth-order valence-corrected chi connectivity index (χ4v) is 4.27. The first-order valence-corrected chi connectivity index (χ1v) is 10.00. The van der Waals surface area contributed by atoms with E-state index in [-0.39, 0.29) is 19.0 Å². The summed E-state index contributed by atoms with van der Waals surface area (Å²) >= 11 is 7.58. The van der Waals surface area contributed by atoms with Gasteiger partial charge in [-0.05, 0) is 61.6 Å². The molecule has 0 unspecified atom stereocenters. The number of hydrogen-bond donors (Lipinski definition) is 0. The van der Waals surface area contributed by atoms with Crippen LogP contribution in [-0.4, -0.2) is 30.3 Å². The monoisotopic (exact) mass is 429 g/mol. The van der Waals surface area contributed by atoms with Crippen LogP contribution in [0, 0.1) is 6.92 Å². The molecule has 150 valence electrons. The van der Waals surface area contributed by atoms with Gasteiger partial charge in [-0.15, -0.1) is 5.06 Å². The van der Waals surface area contributed by atoms with Crippen molar-refractivity contribution in [2.45, 2.75) is 41.7 Å². The molecule has 3 nitrogen and oxygen atoms in total. The molecule has 8 heteroatoms. The highest BCUT2D eigenvalue weighted by atomic mass is 35.5. The maximum atomic E-state index is 12.4. The van der Waals surface area contributed by atoms with Crippen LogP contribution in [0.2, 0.25) is 5.02 Å². The lowest BCUT2D eigenvalue weighted by molar-refractivity contribution is -0.241. The summed E-state index contributed by atoms with van der Waals surface area (Å²) in [5.41, 5.74) is 2.29. The molecule has 2 aromatic carbocycles. The summed E-state index contributed by atoms with van der Waals surface area (Å²) in [7, 11) is 0. The van der Waals surface area contributed by atoms with Crippen LogP contribution in [-0.2, 0) is 9.63 Å². The van der Waals surface area contributed by atoms with Crippen molar-refractivity contribution >= 4 is 29.3 Å². The average Bonchev–Trinajstić information content (AvgIpc) is 2.65. The standard InChI is InChI=1S/C20H19ClF3NO2S/c1-13-2-7-18(28-16-5-3-15(21)4-6-16)17(12-13)14-8-10-25(11-9-14)27-19(26)20(22,23)24/h2-7,12,14H,8-11H2,1H3. The van der Waals surface area contributed by atoms with E-state index in [9.17, 15) is 18.0 Å². The first kappa shape index (κ1) is 21.0. The lowest BCUT2D eigenvalue weighted by Gasteiger charge is -2.31. The number of carbonyl (C=O) groups is 1. The quantitative estimate of drug-likeness (QED) is 0.596. The van der Waals surface area contributed by atoms with Crippen LogP contribution in [0.4, 0.5) is 13.2 Å². The number of nitrogens with zero attached hydrogens (tertiary/aromatic N) is 1. The molecule has 3 rings (SSSR count). The van der Waals surface area contributed by atoms with E-state index in [1.54, 1.807) is 11.8 Å². The van der Waals surface area contributed by atoms with E-state index in [0.29, 0.717) is 17.9 Å². The van der Waals surface area contributed by atoms with Gasteiger partial charge in [0.15, 0.2) is 0 Å². The van der Waals surface area contributed by atoms with Crippen molar-refractivity contribution in [2.24, 2.45) is 0 Å². The Bertz CT molecular complexity index is 834. The topological polar surface area (TPSA) is 29.5 Å². The number of rotatable bonds is 4. The Morgan fingerprint density at radius 3 is 2.39 bits per heavy atom. The Hall–Kier alpha value is -1.70. The van der Waals surface area contributed by atoms with Crippen molar-refractivity contribution in [3.8, 4) is 0 Å². The Morgan fingerprint density at radius 2 is 1.79 bits per heavy atom. The van der Waals surface area contributed by atoms with Crippen LogP contribution in [0.15, 0.2) is 52.3 Å². The number of aryl methyl sites for hydroxylation is 1. The van der Waals surface area contributed by atoms with Gasteiger partial charge in [0, 0.05) is 27.9 Å². The van der Waals surface area contributed by atoms with Crippen LogP contribution in [0.25, 0.3) is 0 Å². The van der Waals surface area contributed by atoms with Gasteiger partial charge in [-0.3, -0.25) is 0 Å². The molecule has 28 heavy (non-hydrogen) atoms. The number of piperidine rings is 1. The number of hydrogen-bond acceptors (Lipinski definition) is 4. The van der Waals surface area contributed by atoms with E-state index in [0.717, 1.165) is 20.4 Å². The van der Waals surface area contributed by atoms with E-state index in [1.807, 2.05) is 37.3 Å². The van der Waals surface area contributed by atoms with Crippen molar-refractivity contribution in [3.05, 3.63) is 58.6 Å². The molecule has 1 heterocycles. The van der Waals surface area contributed by atoms with E-state index in [4.69, 9.17) is 11.6 Å². The maximum Gasteiger partial charge on any atom is 0.492 e. The van der Waals surface area contributed by atoms with Gasteiger partial charge < -0.3 is 4.84 Å². The fourth-order valence-electron chi connectivity index (χ4n) is 3.14. The molecule has 0 aromatic heterocycles. The van der Waals surface area contributed by atoms with Gasteiger partial charge in [-0.2, -0.15) is 13.2 Å². The smallest absolute Gasteiger partial charge is 0.361 e. The summed E-state index contributed by atoms with van der Waals surface area (Å²) in [4.78, 5) is 17.6. The first-order chi connectivity index (χ1) is 13.2. The summed E-state index contributed by atoms with van der Waals surface area (Å²) in [5, 5.41) is 1.78. The van der Waals surface area contributed by atoms with E-state index in [2.05, 4.69) is 17.0 Å². The molecule has 0 bridgehead atoms. The SMILES string of the molecule is Cc1ccc(Sc2ccc(Cl)cc2)c(C2CCN(OC(=O)C(F)(F)F)CC2)c1. The number of benzene rings is 2. The predicted molar refractivity (Wildman–Crippen MR) is 102 cm³/mol. The minimum Gasteiger partial charge on any atom is -0.361 e. The van der Waals surface area contributed by atoms with Gasteiger partial charge in [-0.25, -0.2) is 4.79 Å². The zero-order valence-corrected chi connectivity index (χ0v) is 16.7. The number of halogens is 4. The predicted octanol–water partition coefficient (Wildman–Crippen LogP) is 6.00. The van der Waals surface area contributed by atoms with E-state index in [1.165, 1.54) is 5.56 Å². The molecule has 2 aromatic rings. The molecule has 0 N–H and O–H groups in total. The van der Waals surface area contributed by atoms with Gasteiger partial charge in [0.1, 0.15) is 0 Å². The van der Waals surface area contributed by atoms with Gasteiger partial charge in [-0.1, -0.05) is 41.1 Å². The molecule has 0 atom stereocenters. The van der Waals surface area contributed by atoms with Crippen LogP contribution in [0.5, 0.6) is 0 Å². The zero-order valence-electron chi connectivity index (χ0n) is 15.1. The molecule has 0 amide bonds. The summed E-state index contributed by atoms with van der Waals surface area (Å²) in [6.45, 7) is 2.55. The third kappa shape index (κ3) is 5.43.